The van der Waals surface area contributed by atoms with Crippen LogP contribution in [0.4, 0.5) is 8.78 Å². The minimum Gasteiger partial charge on any atom is -0.396 e. The number of halogens is 2. The molecule has 2 aromatic carbocycles. The number of hydrogen-bond donors (Lipinski definition) is 2. The van der Waals surface area contributed by atoms with Crippen molar-refractivity contribution in [3.63, 3.8) is 0 Å². The van der Waals surface area contributed by atoms with Crippen LogP contribution in [0.25, 0.3) is 0 Å². The predicted molar refractivity (Wildman–Crippen MR) is 77.6 cm³/mol. The molecule has 2 N–H and O–H groups in total. The molecular weight excluding hydrogens is 312 g/mol. The van der Waals surface area contributed by atoms with Crippen LogP contribution in [-0.2, 0) is 10.0 Å². The van der Waals surface area contributed by atoms with E-state index in [0.717, 1.165) is 18.2 Å². The molecule has 0 bridgehead atoms. The predicted octanol–water partition coefficient (Wildman–Crippen LogP) is 2.37. The molecule has 118 valence electrons. The van der Waals surface area contributed by atoms with E-state index in [1.165, 1.54) is 0 Å². The van der Waals surface area contributed by atoms with Crippen LogP contribution < -0.4 is 4.72 Å². The molecule has 2 rings (SSSR count). The van der Waals surface area contributed by atoms with Crippen molar-refractivity contribution in [3.8, 4) is 0 Å². The van der Waals surface area contributed by atoms with Crippen LogP contribution >= 0.6 is 0 Å². The van der Waals surface area contributed by atoms with Gasteiger partial charge in [0.2, 0.25) is 10.0 Å². The van der Waals surface area contributed by atoms with E-state index in [2.05, 4.69) is 4.72 Å². The van der Waals surface area contributed by atoms with Crippen molar-refractivity contribution in [2.24, 2.45) is 0 Å². The van der Waals surface area contributed by atoms with Crippen molar-refractivity contribution in [2.75, 3.05) is 6.61 Å². The molecule has 0 heterocycles. The van der Waals surface area contributed by atoms with Gasteiger partial charge >= 0.3 is 0 Å². The molecule has 0 spiro atoms. The number of aliphatic hydroxyl groups is 1. The summed E-state index contributed by atoms with van der Waals surface area (Å²) in [5.74, 6) is -2.33. The van der Waals surface area contributed by atoms with E-state index in [4.69, 9.17) is 5.11 Å². The van der Waals surface area contributed by atoms with Gasteiger partial charge < -0.3 is 5.11 Å². The van der Waals surface area contributed by atoms with E-state index >= 15 is 0 Å². The summed E-state index contributed by atoms with van der Waals surface area (Å²) in [4.78, 5) is -1.02. The monoisotopic (exact) mass is 327 g/mol. The first-order chi connectivity index (χ1) is 10.5. The molecule has 7 heteroatoms. The highest BCUT2D eigenvalue weighted by Gasteiger charge is 2.27. The maximum absolute atomic E-state index is 13.7. The smallest absolute Gasteiger partial charge is 0.246 e. The van der Waals surface area contributed by atoms with E-state index in [1.54, 1.807) is 30.3 Å². The number of nitrogens with one attached hydrogen (secondary N) is 1. The lowest BCUT2D eigenvalue weighted by atomic mass is 10.1. The standard InChI is InChI=1S/C15H15F2NO3S/c16-12-7-4-8-13(17)15(12)22(20,21)18-14(9-10-19)11-5-2-1-3-6-11/h1-8,14,18-19H,9-10H2/t14-/m1/s1. The number of benzene rings is 2. The number of aliphatic hydroxyl groups excluding tert-OH is 1. The Balaban J connectivity index is 2.37. The molecule has 0 aliphatic heterocycles. The third-order valence-electron chi connectivity index (χ3n) is 3.10. The Labute approximate surface area is 127 Å². The Morgan fingerprint density at radius 3 is 2.14 bits per heavy atom. The average Bonchev–Trinajstić information content (AvgIpc) is 2.47. The Bertz CT molecular complexity index is 715. The quantitative estimate of drug-likeness (QED) is 0.856. The first-order valence-corrected chi connectivity index (χ1v) is 8.06. The molecule has 4 nitrogen and oxygen atoms in total. The van der Waals surface area contributed by atoms with Crippen LogP contribution in [0.5, 0.6) is 0 Å². The molecule has 0 saturated heterocycles. The average molecular weight is 327 g/mol. The molecule has 0 aliphatic rings. The normalized spacial score (nSPS) is 13.0. The lowest BCUT2D eigenvalue weighted by molar-refractivity contribution is 0.272. The van der Waals surface area contributed by atoms with Crippen molar-refractivity contribution in [3.05, 3.63) is 65.7 Å². The molecule has 0 radical (unpaired) electrons. The van der Waals surface area contributed by atoms with Crippen LogP contribution in [-0.4, -0.2) is 20.1 Å². The second-order valence-corrected chi connectivity index (χ2v) is 6.30. The summed E-state index contributed by atoms with van der Waals surface area (Å²) in [6.07, 6.45) is 0.0827. The topological polar surface area (TPSA) is 66.4 Å². The summed E-state index contributed by atoms with van der Waals surface area (Å²) >= 11 is 0. The van der Waals surface area contributed by atoms with Gasteiger partial charge in [0.05, 0.1) is 0 Å². The van der Waals surface area contributed by atoms with Gasteiger partial charge in [0, 0.05) is 12.6 Å². The van der Waals surface area contributed by atoms with Gasteiger partial charge in [-0.1, -0.05) is 36.4 Å². The van der Waals surface area contributed by atoms with Crippen LogP contribution in [0.2, 0.25) is 0 Å². The second kappa shape index (κ2) is 6.95. The van der Waals surface area contributed by atoms with Gasteiger partial charge in [-0.2, -0.15) is 0 Å². The Kier molecular flexibility index (Phi) is 5.23. The van der Waals surface area contributed by atoms with E-state index in [9.17, 15) is 17.2 Å². The van der Waals surface area contributed by atoms with E-state index in [1.807, 2.05) is 0 Å². The molecule has 0 fully saturated rings. The third-order valence-corrected chi connectivity index (χ3v) is 4.63. The molecule has 0 aromatic heterocycles. The zero-order chi connectivity index (χ0) is 16.2. The summed E-state index contributed by atoms with van der Waals surface area (Å²) in [7, 11) is -4.40. The summed E-state index contributed by atoms with van der Waals surface area (Å²) in [6, 6.07) is 10.6. The zero-order valence-corrected chi connectivity index (χ0v) is 12.4. The highest BCUT2D eigenvalue weighted by molar-refractivity contribution is 7.89. The van der Waals surface area contributed by atoms with E-state index < -0.39 is 32.6 Å². The van der Waals surface area contributed by atoms with Crippen molar-refractivity contribution >= 4 is 10.0 Å². The largest absolute Gasteiger partial charge is 0.396 e. The Morgan fingerprint density at radius 1 is 1.00 bits per heavy atom. The zero-order valence-electron chi connectivity index (χ0n) is 11.5. The first-order valence-electron chi connectivity index (χ1n) is 6.58. The summed E-state index contributed by atoms with van der Waals surface area (Å²) in [5.41, 5.74) is 0.594. The summed E-state index contributed by atoms with van der Waals surface area (Å²) in [6.45, 7) is -0.276. The Morgan fingerprint density at radius 2 is 1.59 bits per heavy atom. The Hall–Kier alpha value is -1.83. The van der Waals surface area contributed by atoms with Gasteiger partial charge in [-0.05, 0) is 24.1 Å². The molecule has 0 amide bonds. The maximum Gasteiger partial charge on any atom is 0.246 e. The van der Waals surface area contributed by atoms with Gasteiger partial charge in [-0.25, -0.2) is 21.9 Å². The van der Waals surface area contributed by atoms with Crippen LogP contribution in [0, 0.1) is 11.6 Å². The first kappa shape index (κ1) is 16.5. The minimum atomic E-state index is -4.40. The van der Waals surface area contributed by atoms with E-state index in [0.29, 0.717) is 5.56 Å². The number of sulfonamides is 1. The summed E-state index contributed by atoms with van der Waals surface area (Å²) in [5, 5.41) is 9.09. The molecule has 0 unspecified atom stereocenters. The molecule has 22 heavy (non-hydrogen) atoms. The summed E-state index contributed by atoms with van der Waals surface area (Å²) < 4.78 is 54.1. The van der Waals surface area contributed by atoms with Gasteiger partial charge in [0.15, 0.2) is 4.90 Å². The second-order valence-electron chi connectivity index (χ2n) is 4.65. The van der Waals surface area contributed by atoms with Gasteiger partial charge in [-0.15, -0.1) is 0 Å². The molecular formula is C15H15F2NO3S. The number of hydrogen-bond acceptors (Lipinski definition) is 3. The highest BCUT2D eigenvalue weighted by Crippen LogP contribution is 2.23. The molecule has 0 aliphatic carbocycles. The van der Waals surface area contributed by atoms with Gasteiger partial charge in [0.25, 0.3) is 0 Å². The van der Waals surface area contributed by atoms with Crippen LogP contribution in [0.3, 0.4) is 0 Å². The maximum atomic E-state index is 13.7. The van der Waals surface area contributed by atoms with Crippen LogP contribution in [0.15, 0.2) is 53.4 Å². The highest BCUT2D eigenvalue weighted by atomic mass is 32.2. The molecule has 2 aromatic rings. The van der Waals surface area contributed by atoms with Crippen molar-refractivity contribution in [1.82, 2.24) is 4.72 Å². The lowest BCUT2D eigenvalue weighted by Gasteiger charge is -2.18. The molecule has 0 saturated carbocycles. The fourth-order valence-corrected chi connectivity index (χ4v) is 3.49. The third kappa shape index (κ3) is 3.68. The SMILES string of the molecule is O=S(=O)(N[C@H](CCO)c1ccccc1)c1c(F)cccc1F. The van der Waals surface area contributed by atoms with Crippen molar-refractivity contribution in [1.29, 1.82) is 0 Å². The minimum absolute atomic E-state index is 0.0827. The van der Waals surface area contributed by atoms with Crippen molar-refractivity contribution < 1.29 is 22.3 Å². The van der Waals surface area contributed by atoms with Crippen LogP contribution in [0.1, 0.15) is 18.0 Å². The lowest BCUT2D eigenvalue weighted by Crippen LogP contribution is -2.30. The number of rotatable bonds is 6. The van der Waals surface area contributed by atoms with Gasteiger partial charge in [-0.3, -0.25) is 0 Å². The van der Waals surface area contributed by atoms with Crippen molar-refractivity contribution in [2.45, 2.75) is 17.4 Å². The van der Waals surface area contributed by atoms with Gasteiger partial charge in [0.1, 0.15) is 11.6 Å². The molecule has 1 atom stereocenters. The fourth-order valence-electron chi connectivity index (χ4n) is 2.09. The van der Waals surface area contributed by atoms with E-state index in [-0.39, 0.29) is 13.0 Å². The fraction of sp³-hybridized carbons (Fsp3) is 0.200.